The molecule has 22 heavy (non-hydrogen) atoms. The monoisotopic (exact) mass is 307 g/mol. The van der Waals surface area contributed by atoms with Crippen LogP contribution < -0.4 is 11.3 Å². The van der Waals surface area contributed by atoms with Crippen molar-refractivity contribution in [3.05, 3.63) is 16.7 Å². The summed E-state index contributed by atoms with van der Waals surface area (Å²) in [7, 11) is 0. The van der Waals surface area contributed by atoms with E-state index in [1.807, 2.05) is 6.11 Å². The number of nitrogens with two attached hydrogens (primary N) is 1. The first-order chi connectivity index (χ1) is 10.6. The highest BCUT2D eigenvalue weighted by Crippen LogP contribution is 2.32. The van der Waals surface area contributed by atoms with E-state index in [4.69, 9.17) is 21.6 Å². The van der Waals surface area contributed by atoms with Crippen LogP contribution in [0.25, 0.3) is 11.2 Å². The molecule has 1 aliphatic rings. The SMILES string of the molecule is C#COC1C(O)[C@@H](CO)O[C@H]1n1cnc2c(=O)[nH]c(N)nc21. The van der Waals surface area contributed by atoms with Crippen LogP contribution in [0.5, 0.6) is 0 Å². The van der Waals surface area contributed by atoms with Crippen LogP contribution in [0.15, 0.2) is 11.1 Å². The molecule has 4 atom stereocenters. The number of aromatic amines is 1. The van der Waals surface area contributed by atoms with Crippen molar-refractivity contribution in [3.8, 4) is 12.5 Å². The molecule has 10 nitrogen and oxygen atoms in total. The molecule has 0 radical (unpaired) electrons. The smallest absolute Gasteiger partial charge is 0.280 e. The molecule has 2 aromatic rings. The number of hydrogen-bond donors (Lipinski definition) is 4. The minimum absolute atomic E-state index is 0.0548. The molecule has 2 aromatic heterocycles. The Hall–Kier alpha value is -2.61. The summed E-state index contributed by atoms with van der Waals surface area (Å²) in [5.41, 5.74) is 5.23. The maximum atomic E-state index is 11.8. The molecule has 0 bridgehead atoms. The minimum atomic E-state index is -1.15. The molecule has 2 unspecified atom stereocenters. The van der Waals surface area contributed by atoms with Crippen molar-refractivity contribution in [2.45, 2.75) is 24.5 Å². The van der Waals surface area contributed by atoms with Crippen molar-refractivity contribution in [2.75, 3.05) is 12.3 Å². The van der Waals surface area contributed by atoms with E-state index >= 15 is 0 Å². The van der Waals surface area contributed by atoms with E-state index in [1.54, 1.807) is 0 Å². The van der Waals surface area contributed by atoms with E-state index in [-0.39, 0.29) is 17.1 Å². The Morgan fingerprint density at radius 3 is 3.09 bits per heavy atom. The number of nitrogens with zero attached hydrogens (tertiary/aromatic N) is 3. The van der Waals surface area contributed by atoms with Gasteiger partial charge in [-0.2, -0.15) is 4.98 Å². The molecule has 0 amide bonds. The Balaban J connectivity index is 2.10. The number of nitrogen functional groups attached to an aromatic ring is 1. The molecule has 10 heteroatoms. The molecule has 3 heterocycles. The molecular weight excluding hydrogens is 294 g/mol. The Morgan fingerprint density at radius 1 is 1.64 bits per heavy atom. The largest absolute Gasteiger partial charge is 0.436 e. The molecule has 1 saturated heterocycles. The van der Waals surface area contributed by atoms with Gasteiger partial charge in [0.05, 0.1) is 12.9 Å². The average molecular weight is 307 g/mol. The van der Waals surface area contributed by atoms with E-state index < -0.39 is 36.7 Å². The number of imidazole rings is 1. The summed E-state index contributed by atoms with van der Waals surface area (Å²) in [5, 5.41) is 19.3. The van der Waals surface area contributed by atoms with Crippen molar-refractivity contribution >= 4 is 17.1 Å². The van der Waals surface area contributed by atoms with Gasteiger partial charge in [0, 0.05) is 0 Å². The van der Waals surface area contributed by atoms with Gasteiger partial charge < -0.3 is 25.4 Å². The van der Waals surface area contributed by atoms with Crippen LogP contribution in [0, 0.1) is 12.5 Å². The van der Waals surface area contributed by atoms with Crippen molar-refractivity contribution in [1.82, 2.24) is 19.5 Å². The fraction of sp³-hybridized carbons (Fsp3) is 0.417. The van der Waals surface area contributed by atoms with Gasteiger partial charge in [-0.15, -0.1) is 0 Å². The second-order valence-corrected chi connectivity index (χ2v) is 4.71. The van der Waals surface area contributed by atoms with Crippen molar-refractivity contribution in [1.29, 1.82) is 0 Å². The number of ether oxygens (including phenoxy) is 2. The van der Waals surface area contributed by atoms with E-state index in [0.29, 0.717) is 0 Å². The molecule has 0 aliphatic carbocycles. The van der Waals surface area contributed by atoms with Crippen molar-refractivity contribution in [2.24, 2.45) is 0 Å². The van der Waals surface area contributed by atoms with E-state index in [1.165, 1.54) is 10.9 Å². The number of fused-ring (bicyclic) bond motifs is 1. The Bertz CT molecular complexity index is 793. The predicted octanol–water partition coefficient (Wildman–Crippen LogP) is -2.07. The lowest BCUT2D eigenvalue weighted by Crippen LogP contribution is -2.34. The van der Waals surface area contributed by atoms with Crippen LogP contribution in [0.4, 0.5) is 5.95 Å². The van der Waals surface area contributed by atoms with Crippen LogP contribution in [0.1, 0.15) is 6.23 Å². The molecular formula is C12H13N5O5. The third kappa shape index (κ3) is 2.08. The lowest BCUT2D eigenvalue weighted by atomic mass is 10.1. The van der Waals surface area contributed by atoms with Gasteiger partial charge >= 0.3 is 0 Å². The number of aromatic nitrogens is 4. The maximum Gasteiger partial charge on any atom is 0.280 e. The maximum absolute atomic E-state index is 11.8. The quantitative estimate of drug-likeness (QED) is 0.472. The number of hydrogen-bond acceptors (Lipinski definition) is 8. The third-order valence-electron chi connectivity index (χ3n) is 3.42. The summed E-state index contributed by atoms with van der Waals surface area (Å²) in [6.45, 7) is -0.426. The third-order valence-corrected chi connectivity index (χ3v) is 3.42. The average Bonchev–Trinajstić information content (AvgIpc) is 3.02. The zero-order valence-electron chi connectivity index (χ0n) is 11.2. The lowest BCUT2D eigenvalue weighted by molar-refractivity contribution is -0.0510. The number of terminal acetylenes is 1. The first kappa shape index (κ1) is 14.3. The normalized spacial score (nSPS) is 27.9. The number of aliphatic hydroxyl groups excluding tert-OH is 2. The summed E-state index contributed by atoms with van der Waals surface area (Å²) in [6, 6.07) is 0. The number of nitrogens with one attached hydrogen (secondary N) is 1. The molecule has 0 spiro atoms. The zero-order chi connectivity index (χ0) is 15.9. The van der Waals surface area contributed by atoms with Gasteiger partial charge in [-0.25, -0.2) is 4.98 Å². The number of anilines is 1. The number of H-pyrrole nitrogens is 1. The molecule has 1 aliphatic heterocycles. The summed E-state index contributed by atoms with van der Waals surface area (Å²) in [6.07, 6.45) is 4.49. The van der Waals surface area contributed by atoms with Crippen LogP contribution >= 0.6 is 0 Å². The lowest BCUT2D eigenvalue weighted by Gasteiger charge is -2.19. The highest BCUT2D eigenvalue weighted by atomic mass is 16.6. The number of aliphatic hydroxyl groups is 2. The molecule has 5 N–H and O–H groups in total. The van der Waals surface area contributed by atoms with Gasteiger partial charge in [-0.1, -0.05) is 6.42 Å². The zero-order valence-corrected chi connectivity index (χ0v) is 11.2. The Kier molecular flexibility index (Phi) is 3.45. The standard InChI is InChI=1S/C12H13N5O5/c1-2-21-8-7(19)5(3-18)22-11(8)17-4-14-6-9(17)15-12(13)16-10(6)20/h1,4-5,7-8,11,18-19H,3H2,(H3,13,15,16,20)/t5-,7?,8?,11-/m1/s1. The first-order valence-corrected chi connectivity index (χ1v) is 6.34. The summed E-state index contributed by atoms with van der Waals surface area (Å²) < 4.78 is 11.9. The van der Waals surface area contributed by atoms with Gasteiger partial charge in [-0.3, -0.25) is 14.3 Å². The second-order valence-electron chi connectivity index (χ2n) is 4.71. The van der Waals surface area contributed by atoms with Crippen molar-refractivity contribution < 1.29 is 19.7 Å². The van der Waals surface area contributed by atoms with Gasteiger partial charge in [0.25, 0.3) is 5.56 Å². The molecule has 1 fully saturated rings. The van der Waals surface area contributed by atoms with Gasteiger partial charge in [0.15, 0.2) is 23.5 Å². The molecule has 3 rings (SSSR count). The summed E-state index contributed by atoms with van der Waals surface area (Å²) in [5.74, 6) is -0.0917. The second kappa shape index (κ2) is 5.30. The fourth-order valence-corrected chi connectivity index (χ4v) is 2.43. The Labute approximate surface area is 123 Å². The van der Waals surface area contributed by atoms with Gasteiger partial charge in [0.1, 0.15) is 18.3 Å². The van der Waals surface area contributed by atoms with Gasteiger partial charge in [0.2, 0.25) is 5.95 Å². The predicted molar refractivity (Wildman–Crippen MR) is 73.3 cm³/mol. The molecule has 0 saturated carbocycles. The molecule has 0 aromatic carbocycles. The van der Waals surface area contributed by atoms with Crippen LogP contribution in [0.2, 0.25) is 0 Å². The highest BCUT2D eigenvalue weighted by Gasteiger charge is 2.46. The van der Waals surface area contributed by atoms with Crippen LogP contribution in [0.3, 0.4) is 0 Å². The fourth-order valence-electron chi connectivity index (χ4n) is 2.43. The summed E-state index contributed by atoms with van der Waals surface area (Å²) >= 11 is 0. The van der Waals surface area contributed by atoms with Gasteiger partial charge in [-0.05, 0) is 0 Å². The van der Waals surface area contributed by atoms with E-state index in [2.05, 4.69) is 15.0 Å². The summed E-state index contributed by atoms with van der Waals surface area (Å²) in [4.78, 5) is 22.0. The van der Waals surface area contributed by atoms with E-state index in [9.17, 15) is 15.0 Å². The molecule has 116 valence electrons. The van der Waals surface area contributed by atoms with Crippen LogP contribution in [-0.2, 0) is 9.47 Å². The Morgan fingerprint density at radius 2 is 2.41 bits per heavy atom. The van der Waals surface area contributed by atoms with Crippen molar-refractivity contribution in [3.63, 3.8) is 0 Å². The minimum Gasteiger partial charge on any atom is -0.436 e. The van der Waals surface area contributed by atoms with E-state index in [0.717, 1.165) is 0 Å². The number of rotatable bonds is 3. The topological polar surface area (TPSA) is 149 Å². The van der Waals surface area contributed by atoms with Crippen LogP contribution in [-0.4, -0.2) is 54.7 Å². The highest BCUT2D eigenvalue weighted by molar-refractivity contribution is 5.70. The first-order valence-electron chi connectivity index (χ1n) is 6.34.